The number of nitrogens with one attached hydrogen (secondary N) is 2. The molecule has 0 aliphatic rings. The first-order valence-corrected chi connectivity index (χ1v) is 5.59. The molecule has 0 radical (unpaired) electrons. The quantitative estimate of drug-likeness (QED) is 0.722. The smallest absolute Gasteiger partial charge is 0.319 e. The molecule has 0 aliphatic heterocycles. The minimum absolute atomic E-state index is 0.0409. The maximum absolute atomic E-state index is 13.3. The van der Waals surface area contributed by atoms with Crippen molar-refractivity contribution in [2.75, 3.05) is 11.9 Å². The molecule has 0 unspecified atom stereocenters. The van der Waals surface area contributed by atoms with Crippen LogP contribution in [0.1, 0.15) is 12.8 Å². The molecule has 0 aromatic heterocycles. The number of rotatable bonds is 5. The van der Waals surface area contributed by atoms with E-state index in [1.54, 1.807) is 0 Å². The molecule has 98 valence electrons. The number of carbonyl (C=O) groups excluding carboxylic acids is 1. The van der Waals surface area contributed by atoms with Gasteiger partial charge in [-0.1, -0.05) is 17.7 Å². The Bertz CT molecular complexity index is 434. The summed E-state index contributed by atoms with van der Waals surface area (Å²) in [5.74, 6) is -1.57. The Morgan fingerprint density at radius 2 is 2.11 bits per heavy atom. The number of carboxylic acid groups (broad SMARTS) is 1. The van der Waals surface area contributed by atoms with Crippen LogP contribution in [-0.4, -0.2) is 23.7 Å². The van der Waals surface area contributed by atoms with Crippen molar-refractivity contribution in [1.82, 2.24) is 5.32 Å². The zero-order valence-corrected chi connectivity index (χ0v) is 10.1. The summed E-state index contributed by atoms with van der Waals surface area (Å²) in [5, 5.41) is 13.1. The molecule has 0 saturated heterocycles. The topological polar surface area (TPSA) is 78.4 Å². The number of amides is 2. The molecule has 0 heterocycles. The third kappa shape index (κ3) is 4.58. The Balaban J connectivity index is 2.43. The summed E-state index contributed by atoms with van der Waals surface area (Å²) in [6.07, 6.45) is 0.258. The normalized spacial score (nSPS) is 9.89. The summed E-state index contributed by atoms with van der Waals surface area (Å²) in [5.41, 5.74) is -0.102. The fourth-order valence-electron chi connectivity index (χ4n) is 1.22. The molecule has 1 aromatic rings. The molecule has 1 aromatic carbocycles. The Morgan fingerprint density at radius 1 is 1.39 bits per heavy atom. The largest absolute Gasteiger partial charge is 0.481 e. The first kappa shape index (κ1) is 14.2. The van der Waals surface area contributed by atoms with Crippen LogP contribution in [0, 0.1) is 5.82 Å². The highest BCUT2D eigenvalue weighted by Gasteiger charge is 2.09. The monoisotopic (exact) mass is 274 g/mol. The second-order valence-corrected chi connectivity index (χ2v) is 3.88. The second-order valence-electron chi connectivity index (χ2n) is 3.47. The molecule has 18 heavy (non-hydrogen) atoms. The molecule has 0 saturated carbocycles. The van der Waals surface area contributed by atoms with E-state index in [0.29, 0.717) is 6.42 Å². The first-order chi connectivity index (χ1) is 8.50. The maximum atomic E-state index is 13.3. The maximum Gasteiger partial charge on any atom is 0.319 e. The summed E-state index contributed by atoms with van der Waals surface area (Å²) in [4.78, 5) is 21.6. The molecular formula is C11H12ClFN2O3. The van der Waals surface area contributed by atoms with Gasteiger partial charge in [0.1, 0.15) is 5.82 Å². The van der Waals surface area contributed by atoms with Crippen LogP contribution in [0.25, 0.3) is 0 Å². The summed E-state index contributed by atoms with van der Waals surface area (Å²) in [6, 6.07) is 3.41. The number of benzene rings is 1. The van der Waals surface area contributed by atoms with Gasteiger partial charge in [-0.2, -0.15) is 0 Å². The molecule has 2 amide bonds. The molecule has 0 bridgehead atoms. The second kappa shape index (κ2) is 6.80. The highest BCUT2D eigenvalue weighted by molar-refractivity contribution is 6.33. The molecule has 0 fully saturated rings. The van der Waals surface area contributed by atoms with Gasteiger partial charge in [0.05, 0.1) is 10.7 Å². The van der Waals surface area contributed by atoms with Gasteiger partial charge in [-0.25, -0.2) is 9.18 Å². The van der Waals surface area contributed by atoms with Crippen molar-refractivity contribution in [3.8, 4) is 0 Å². The highest BCUT2D eigenvalue weighted by Crippen LogP contribution is 2.24. The number of halogens is 2. The van der Waals surface area contributed by atoms with Crippen LogP contribution in [0.3, 0.4) is 0 Å². The Kier molecular flexibility index (Phi) is 5.38. The number of urea groups is 1. The minimum atomic E-state index is -0.936. The van der Waals surface area contributed by atoms with Crippen molar-refractivity contribution in [2.24, 2.45) is 0 Å². The molecule has 7 heteroatoms. The van der Waals surface area contributed by atoms with E-state index in [1.807, 2.05) is 0 Å². The fraction of sp³-hybridized carbons (Fsp3) is 0.273. The van der Waals surface area contributed by atoms with Gasteiger partial charge < -0.3 is 15.7 Å². The predicted molar refractivity (Wildman–Crippen MR) is 65.3 cm³/mol. The van der Waals surface area contributed by atoms with E-state index in [9.17, 15) is 14.0 Å². The van der Waals surface area contributed by atoms with E-state index in [2.05, 4.69) is 10.6 Å². The molecule has 0 aliphatic carbocycles. The summed E-state index contributed by atoms with van der Waals surface area (Å²) in [6.45, 7) is 0.185. The van der Waals surface area contributed by atoms with Crippen molar-refractivity contribution >= 4 is 29.3 Å². The van der Waals surface area contributed by atoms with Crippen molar-refractivity contribution in [1.29, 1.82) is 0 Å². The van der Waals surface area contributed by atoms with Gasteiger partial charge in [-0.15, -0.1) is 0 Å². The van der Waals surface area contributed by atoms with E-state index < -0.39 is 17.8 Å². The van der Waals surface area contributed by atoms with E-state index >= 15 is 0 Å². The van der Waals surface area contributed by atoms with Crippen molar-refractivity contribution in [3.05, 3.63) is 29.0 Å². The van der Waals surface area contributed by atoms with E-state index in [0.717, 1.165) is 0 Å². The standard InChI is InChI=1S/C11H12ClFN2O3/c12-7-3-1-4-8(13)10(7)15-11(18)14-6-2-5-9(16)17/h1,3-4H,2,5-6H2,(H,16,17)(H2,14,15,18). The minimum Gasteiger partial charge on any atom is -0.481 e. The number of carbonyl (C=O) groups is 2. The van der Waals surface area contributed by atoms with Crippen LogP contribution in [0.2, 0.25) is 5.02 Å². The summed E-state index contributed by atoms with van der Waals surface area (Å²) in [7, 11) is 0. The van der Waals surface area contributed by atoms with E-state index in [-0.39, 0.29) is 23.7 Å². The number of hydrogen-bond acceptors (Lipinski definition) is 2. The third-order valence-corrected chi connectivity index (χ3v) is 2.37. The van der Waals surface area contributed by atoms with Gasteiger partial charge in [-0.3, -0.25) is 4.79 Å². The Hall–Kier alpha value is -1.82. The number of aliphatic carboxylic acids is 1. The average Bonchev–Trinajstić information content (AvgIpc) is 2.29. The molecule has 3 N–H and O–H groups in total. The van der Waals surface area contributed by atoms with Crippen LogP contribution < -0.4 is 10.6 Å². The van der Waals surface area contributed by atoms with Crippen LogP contribution in [0.4, 0.5) is 14.9 Å². The SMILES string of the molecule is O=C(O)CCCNC(=O)Nc1c(F)cccc1Cl. The zero-order chi connectivity index (χ0) is 13.5. The zero-order valence-electron chi connectivity index (χ0n) is 9.37. The van der Waals surface area contributed by atoms with Gasteiger partial charge in [0.25, 0.3) is 0 Å². The van der Waals surface area contributed by atoms with E-state index in [1.165, 1.54) is 18.2 Å². The van der Waals surface area contributed by atoms with Crippen LogP contribution >= 0.6 is 11.6 Å². The third-order valence-electron chi connectivity index (χ3n) is 2.05. The molecule has 5 nitrogen and oxygen atoms in total. The lowest BCUT2D eigenvalue weighted by molar-refractivity contribution is -0.137. The van der Waals surface area contributed by atoms with Gasteiger partial charge in [0, 0.05) is 13.0 Å². The lowest BCUT2D eigenvalue weighted by atomic mass is 10.3. The van der Waals surface area contributed by atoms with Crippen molar-refractivity contribution in [2.45, 2.75) is 12.8 Å². The number of para-hydroxylation sites is 1. The van der Waals surface area contributed by atoms with Crippen LogP contribution in [-0.2, 0) is 4.79 Å². The summed E-state index contributed by atoms with van der Waals surface area (Å²) < 4.78 is 13.3. The fourth-order valence-corrected chi connectivity index (χ4v) is 1.43. The predicted octanol–water partition coefficient (Wildman–Crippen LogP) is 2.47. The Morgan fingerprint density at radius 3 is 2.72 bits per heavy atom. The van der Waals surface area contributed by atoms with Gasteiger partial charge in [0.15, 0.2) is 0 Å². The average molecular weight is 275 g/mol. The number of carboxylic acids is 1. The number of anilines is 1. The molecule has 0 spiro atoms. The Labute approximate surface area is 108 Å². The first-order valence-electron chi connectivity index (χ1n) is 5.21. The molecular weight excluding hydrogens is 263 g/mol. The van der Waals surface area contributed by atoms with Crippen molar-refractivity contribution in [3.63, 3.8) is 0 Å². The van der Waals surface area contributed by atoms with E-state index in [4.69, 9.17) is 16.7 Å². The lowest BCUT2D eigenvalue weighted by Crippen LogP contribution is -2.30. The van der Waals surface area contributed by atoms with Crippen molar-refractivity contribution < 1.29 is 19.1 Å². The molecule has 1 rings (SSSR count). The van der Waals surface area contributed by atoms with Gasteiger partial charge in [0.2, 0.25) is 0 Å². The van der Waals surface area contributed by atoms with Gasteiger partial charge >= 0.3 is 12.0 Å². The van der Waals surface area contributed by atoms with Crippen LogP contribution in [0.15, 0.2) is 18.2 Å². The lowest BCUT2D eigenvalue weighted by Gasteiger charge is -2.09. The summed E-state index contributed by atoms with van der Waals surface area (Å²) >= 11 is 5.72. The van der Waals surface area contributed by atoms with Gasteiger partial charge in [-0.05, 0) is 18.6 Å². The van der Waals surface area contributed by atoms with Crippen LogP contribution in [0.5, 0.6) is 0 Å². The molecule has 0 atom stereocenters. The number of hydrogen-bond donors (Lipinski definition) is 3. The highest BCUT2D eigenvalue weighted by atomic mass is 35.5.